The van der Waals surface area contributed by atoms with Crippen LogP contribution in [0.1, 0.15) is 0 Å². The molecule has 0 saturated carbocycles. The van der Waals surface area contributed by atoms with Gasteiger partial charge in [0.05, 0.1) is 11.1 Å². The lowest BCUT2D eigenvalue weighted by molar-refractivity contribution is 0.448. The quantitative estimate of drug-likeness (QED) is 0.463. The second-order valence-corrected chi connectivity index (χ2v) is 5.02. The van der Waals surface area contributed by atoms with E-state index in [4.69, 9.17) is 23.2 Å². The molecular weight excluding hydrogens is 324 g/mol. The molecule has 0 saturated heterocycles. The summed E-state index contributed by atoms with van der Waals surface area (Å²) in [5.41, 5.74) is 0.0966. The van der Waals surface area contributed by atoms with E-state index in [9.17, 15) is 13.2 Å². The summed E-state index contributed by atoms with van der Waals surface area (Å²) in [7, 11) is 0. The maximum Gasteiger partial charge on any atom is 0.195 e. The molecule has 2 nitrogen and oxygen atoms in total. The second kappa shape index (κ2) is 5.16. The van der Waals surface area contributed by atoms with Crippen LogP contribution in [0.2, 0.25) is 10.2 Å². The van der Waals surface area contributed by atoms with Gasteiger partial charge in [0.15, 0.2) is 23.3 Å². The van der Waals surface area contributed by atoms with Gasteiger partial charge in [0, 0.05) is 10.4 Å². The van der Waals surface area contributed by atoms with Crippen LogP contribution in [-0.2, 0) is 0 Å². The van der Waals surface area contributed by atoms with Crippen molar-refractivity contribution in [3.05, 3.63) is 58.0 Å². The van der Waals surface area contributed by atoms with Gasteiger partial charge in [0.1, 0.15) is 5.15 Å². The first-order chi connectivity index (χ1) is 9.97. The minimum Gasteiger partial charge on any atom is -0.228 e. The summed E-state index contributed by atoms with van der Waals surface area (Å²) < 4.78 is 40.1. The van der Waals surface area contributed by atoms with Crippen molar-refractivity contribution in [2.45, 2.75) is 0 Å². The number of fused-ring (bicyclic) bond motifs is 1. The largest absolute Gasteiger partial charge is 0.228 e. The van der Waals surface area contributed by atoms with Crippen LogP contribution in [0.5, 0.6) is 0 Å². The average molecular weight is 329 g/mol. The van der Waals surface area contributed by atoms with Crippen LogP contribution in [0.15, 0.2) is 30.3 Å². The van der Waals surface area contributed by atoms with Gasteiger partial charge >= 0.3 is 0 Å². The highest BCUT2D eigenvalue weighted by atomic mass is 35.5. The van der Waals surface area contributed by atoms with E-state index in [2.05, 4.69) is 9.97 Å². The fourth-order valence-corrected chi connectivity index (χ4v) is 2.29. The molecule has 0 aliphatic carbocycles. The van der Waals surface area contributed by atoms with Crippen LogP contribution in [0, 0.1) is 17.5 Å². The van der Waals surface area contributed by atoms with Gasteiger partial charge in [0.25, 0.3) is 0 Å². The van der Waals surface area contributed by atoms with Crippen LogP contribution < -0.4 is 0 Å². The number of benzene rings is 2. The van der Waals surface area contributed by atoms with Crippen LogP contribution in [0.3, 0.4) is 0 Å². The van der Waals surface area contributed by atoms with Crippen molar-refractivity contribution in [2.75, 3.05) is 0 Å². The third-order valence-corrected chi connectivity index (χ3v) is 3.41. The number of nitrogens with zero attached hydrogens (tertiary/aromatic N) is 2. The lowest BCUT2D eigenvalue weighted by Gasteiger charge is -2.06. The van der Waals surface area contributed by atoms with E-state index in [1.165, 1.54) is 6.07 Å². The fourth-order valence-electron chi connectivity index (χ4n) is 1.88. The molecule has 2 aromatic carbocycles. The minimum atomic E-state index is -1.58. The predicted octanol–water partition coefficient (Wildman–Crippen LogP) is 5.02. The molecule has 106 valence electrons. The van der Waals surface area contributed by atoms with E-state index >= 15 is 0 Å². The van der Waals surface area contributed by atoms with E-state index < -0.39 is 17.5 Å². The van der Waals surface area contributed by atoms with Gasteiger partial charge in [-0.05, 0) is 30.3 Å². The molecule has 7 heteroatoms. The van der Waals surface area contributed by atoms with Crippen molar-refractivity contribution in [1.29, 1.82) is 0 Å². The van der Waals surface area contributed by atoms with Crippen molar-refractivity contribution < 1.29 is 13.2 Å². The van der Waals surface area contributed by atoms with Crippen LogP contribution in [0.25, 0.3) is 22.3 Å². The lowest BCUT2D eigenvalue weighted by Crippen LogP contribution is -1.98. The maximum absolute atomic E-state index is 13.8. The molecule has 0 aliphatic heterocycles. The average Bonchev–Trinajstić information content (AvgIpc) is 2.44. The number of hydrogen-bond donors (Lipinski definition) is 0. The Bertz CT molecular complexity index is 868. The molecule has 21 heavy (non-hydrogen) atoms. The molecule has 0 unspecified atom stereocenters. The summed E-state index contributed by atoms with van der Waals surface area (Å²) in [6, 6.07) is 6.59. The molecule has 0 bridgehead atoms. The Morgan fingerprint density at radius 3 is 2.38 bits per heavy atom. The first-order valence-corrected chi connectivity index (χ1v) is 6.49. The molecule has 1 heterocycles. The summed E-state index contributed by atoms with van der Waals surface area (Å²) >= 11 is 11.9. The third kappa shape index (κ3) is 2.43. The molecule has 3 rings (SSSR count). The SMILES string of the molecule is Fc1ccc(-c2nc(Cl)c3ccc(Cl)cc3n2)c(F)c1F. The molecule has 1 aromatic heterocycles. The zero-order valence-electron chi connectivity index (χ0n) is 10.2. The monoisotopic (exact) mass is 328 g/mol. The van der Waals surface area contributed by atoms with Crippen LogP contribution in [-0.4, -0.2) is 9.97 Å². The molecule has 0 fully saturated rings. The Balaban J connectivity index is 2.28. The first-order valence-electron chi connectivity index (χ1n) is 5.74. The van der Waals surface area contributed by atoms with Crippen molar-refractivity contribution in [3.63, 3.8) is 0 Å². The zero-order valence-corrected chi connectivity index (χ0v) is 11.7. The zero-order chi connectivity index (χ0) is 15.1. The molecule has 3 aromatic rings. The topological polar surface area (TPSA) is 25.8 Å². The Hall–Kier alpha value is -1.85. The highest BCUT2D eigenvalue weighted by molar-refractivity contribution is 6.35. The molecule has 0 radical (unpaired) electrons. The number of rotatable bonds is 1. The van der Waals surface area contributed by atoms with E-state index in [0.717, 1.165) is 12.1 Å². The minimum absolute atomic E-state index is 0.0656. The Morgan fingerprint density at radius 2 is 1.62 bits per heavy atom. The second-order valence-electron chi connectivity index (χ2n) is 4.22. The van der Waals surface area contributed by atoms with E-state index in [0.29, 0.717) is 15.9 Å². The fraction of sp³-hybridized carbons (Fsp3) is 0. The Morgan fingerprint density at radius 1 is 0.857 bits per heavy atom. The summed E-state index contributed by atoms with van der Waals surface area (Å²) in [5.74, 6) is -4.39. The standard InChI is InChI=1S/C14H5Cl2F3N2/c15-6-1-2-7-10(5-6)20-14(21-13(7)16)8-3-4-9(17)12(19)11(8)18/h1-5H. The van der Waals surface area contributed by atoms with Gasteiger partial charge in [-0.2, -0.15) is 0 Å². The van der Waals surface area contributed by atoms with Gasteiger partial charge < -0.3 is 0 Å². The Kier molecular flexibility index (Phi) is 3.47. The number of halogens is 5. The molecule has 0 atom stereocenters. The van der Waals surface area contributed by atoms with Crippen LogP contribution in [0.4, 0.5) is 13.2 Å². The summed E-state index contributed by atoms with van der Waals surface area (Å²) in [4.78, 5) is 8.00. The van der Waals surface area contributed by atoms with Gasteiger partial charge in [-0.25, -0.2) is 23.1 Å². The highest BCUT2D eigenvalue weighted by Gasteiger charge is 2.18. The summed E-state index contributed by atoms with van der Waals surface area (Å²) in [6.07, 6.45) is 0. The maximum atomic E-state index is 13.8. The summed E-state index contributed by atoms with van der Waals surface area (Å²) in [6.45, 7) is 0. The Labute approximate surface area is 127 Å². The molecular formula is C14H5Cl2F3N2. The number of hydrogen-bond acceptors (Lipinski definition) is 2. The highest BCUT2D eigenvalue weighted by Crippen LogP contribution is 2.29. The normalized spacial score (nSPS) is 11.1. The molecule has 0 amide bonds. The molecule has 0 aliphatic rings. The molecule has 0 spiro atoms. The van der Waals surface area contributed by atoms with E-state index in [1.807, 2.05) is 0 Å². The number of aromatic nitrogens is 2. The van der Waals surface area contributed by atoms with Crippen molar-refractivity contribution in [3.8, 4) is 11.4 Å². The van der Waals surface area contributed by atoms with Crippen molar-refractivity contribution in [1.82, 2.24) is 9.97 Å². The van der Waals surface area contributed by atoms with Gasteiger partial charge in [-0.3, -0.25) is 0 Å². The van der Waals surface area contributed by atoms with E-state index in [-0.39, 0.29) is 16.5 Å². The lowest BCUT2D eigenvalue weighted by atomic mass is 10.1. The van der Waals surface area contributed by atoms with E-state index in [1.54, 1.807) is 12.1 Å². The van der Waals surface area contributed by atoms with Crippen molar-refractivity contribution >= 4 is 34.1 Å². The van der Waals surface area contributed by atoms with Gasteiger partial charge in [-0.15, -0.1) is 0 Å². The van der Waals surface area contributed by atoms with Crippen molar-refractivity contribution in [2.24, 2.45) is 0 Å². The smallest absolute Gasteiger partial charge is 0.195 e. The van der Waals surface area contributed by atoms with Gasteiger partial charge in [-0.1, -0.05) is 23.2 Å². The third-order valence-electron chi connectivity index (χ3n) is 2.89. The van der Waals surface area contributed by atoms with Gasteiger partial charge in [0.2, 0.25) is 0 Å². The van der Waals surface area contributed by atoms with Crippen LogP contribution >= 0.6 is 23.2 Å². The summed E-state index contributed by atoms with van der Waals surface area (Å²) in [5, 5.41) is 0.998. The predicted molar refractivity (Wildman–Crippen MR) is 74.9 cm³/mol. The molecule has 0 N–H and O–H groups in total. The first kappa shape index (κ1) is 14.1.